The van der Waals surface area contributed by atoms with E-state index in [1.165, 1.54) is 6.92 Å². The number of benzene rings is 2. The zero-order valence-electron chi connectivity index (χ0n) is 20.0. The minimum atomic E-state index is -1.46. The number of carbonyl (C=O) groups is 2. The van der Waals surface area contributed by atoms with Gasteiger partial charge in [-0.15, -0.1) is 0 Å². The summed E-state index contributed by atoms with van der Waals surface area (Å²) in [6.07, 6.45) is 0. The Balaban J connectivity index is 2.37. The van der Waals surface area contributed by atoms with Crippen molar-refractivity contribution in [2.45, 2.75) is 40.7 Å². The van der Waals surface area contributed by atoms with Crippen LogP contribution in [0.5, 0.6) is 23.0 Å². The SMILES string of the molecule is CCOc1cc(OCC)cc(N(Cl)C(=O)C(N=Nc2cccc(OCC)c2OCC)C(C)=O)c1. The number of halogens is 1. The van der Waals surface area contributed by atoms with Crippen molar-refractivity contribution < 1.29 is 28.5 Å². The van der Waals surface area contributed by atoms with Gasteiger partial charge in [0.05, 0.1) is 32.1 Å². The van der Waals surface area contributed by atoms with Crippen molar-refractivity contribution in [3.63, 3.8) is 0 Å². The highest BCUT2D eigenvalue weighted by atomic mass is 35.5. The van der Waals surface area contributed by atoms with Crippen LogP contribution in [0, 0.1) is 0 Å². The molecule has 1 unspecified atom stereocenters. The summed E-state index contributed by atoms with van der Waals surface area (Å²) in [6, 6.07) is 8.48. The van der Waals surface area contributed by atoms with Crippen LogP contribution in [0.2, 0.25) is 0 Å². The molecule has 0 saturated carbocycles. The summed E-state index contributed by atoms with van der Waals surface area (Å²) in [4.78, 5) is 25.4. The summed E-state index contributed by atoms with van der Waals surface area (Å²) < 4.78 is 23.1. The van der Waals surface area contributed by atoms with Crippen molar-refractivity contribution in [3.8, 4) is 23.0 Å². The standard InChI is InChI=1S/C24H30ClN3O6/c1-6-31-18-13-17(14-19(15-18)32-7-2)28(25)24(30)22(16(5)29)27-26-20-11-10-12-21(33-8-3)23(20)34-9-4/h10-15,22H,6-9H2,1-5H3. The van der Waals surface area contributed by atoms with Crippen LogP contribution in [-0.4, -0.2) is 44.2 Å². The molecule has 0 saturated heterocycles. The van der Waals surface area contributed by atoms with Crippen molar-refractivity contribution in [3.05, 3.63) is 36.4 Å². The maximum absolute atomic E-state index is 13.1. The van der Waals surface area contributed by atoms with Crippen LogP contribution < -0.4 is 23.4 Å². The minimum absolute atomic E-state index is 0.274. The number of anilines is 1. The number of azo groups is 1. The maximum atomic E-state index is 13.1. The van der Waals surface area contributed by atoms with E-state index in [4.69, 9.17) is 30.7 Å². The number of Topliss-reactive ketones (excluding diaryl/α,β-unsaturated/α-hetero) is 1. The van der Waals surface area contributed by atoms with E-state index in [-0.39, 0.29) is 5.69 Å². The molecule has 1 amide bonds. The number of hydrogen-bond donors (Lipinski definition) is 0. The molecule has 9 nitrogen and oxygen atoms in total. The lowest BCUT2D eigenvalue weighted by atomic mass is 10.2. The molecule has 0 aliphatic carbocycles. The molecule has 0 heterocycles. The van der Waals surface area contributed by atoms with E-state index < -0.39 is 17.7 Å². The minimum Gasteiger partial charge on any atom is -0.494 e. The Hall–Kier alpha value is -3.33. The fraction of sp³-hybridized carbons (Fsp3) is 0.417. The number of ether oxygens (including phenoxy) is 4. The molecule has 2 aromatic rings. The van der Waals surface area contributed by atoms with Gasteiger partial charge in [-0.25, -0.2) is 4.42 Å². The molecule has 0 aromatic heterocycles. The van der Waals surface area contributed by atoms with E-state index in [2.05, 4.69) is 10.2 Å². The topological polar surface area (TPSA) is 99.0 Å². The van der Waals surface area contributed by atoms with Gasteiger partial charge in [-0.05, 0) is 46.8 Å². The highest BCUT2D eigenvalue weighted by molar-refractivity contribution is 6.39. The Morgan fingerprint density at radius 1 is 0.912 bits per heavy atom. The second kappa shape index (κ2) is 13.4. The second-order valence-electron chi connectivity index (χ2n) is 6.85. The molecule has 0 bridgehead atoms. The first kappa shape index (κ1) is 26.9. The Bertz CT molecular complexity index is 990. The summed E-state index contributed by atoms with van der Waals surface area (Å²) in [6.45, 7) is 10.2. The lowest BCUT2D eigenvalue weighted by molar-refractivity contribution is -0.126. The monoisotopic (exact) mass is 491 g/mol. The number of carbonyl (C=O) groups excluding carboxylic acids is 2. The molecule has 10 heteroatoms. The van der Waals surface area contributed by atoms with E-state index in [0.29, 0.717) is 55.1 Å². The Morgan fingerprint density at radius 3 is 2.03 bits per heavy atom. The summed E-state index contributed by atoms with van der Waals surface area (Å²) in [5, 5.41) is 8.13. The van der Waals surface area contributed by atoms with Gasteiger partial charge in [0.15, 0.2) is 17.3 Å². The third-order valence-corrected chi connectivity index (χ3v) is 4.72. The lowest BCUT2D eigenvalue weighted by Gasteiger charge is -2.19. The molecule has 0 aliphatic rings. The molecule has 2 rings (SSSR count). The smallest absolute Gasteiger partial charge is 0.276 e. The molecular formula is C24H30ClN3O6. The molecule has 0 N–H and O–H groups in total. The van der Waals surface area contributed by atoms with Gasteiger partial charge in [0.2, 0.25) is 6.04 Å². The predicted octanol–water partition coefficient (Wildman–Crippen LogP) is 5.51. The van der Waals surface area contributed by atoms with Crippen LogP contribution in [0.1, 0.15) is 34.6 Å². The molecule has 2 aromatic carbocycles. The van der Waals surface area contributed by atoms with Gasteiger partial charge in [-0.3, -0.25) is 9.59 Å². The van der Waals surface area contributed by atoms with Gasteiger partial charge in [0, 0.05) is 30.0 Å². The second-order valence-corrected chi connectivity index (χ2v) is 7.18. The van der Waals surface area contributed by atoms with Crippen molar-refractivity contribution >= 4 is 34.8 Å². The number of nitrogens with zero attached hydrogens (tertiary/aromatic N) is 3. The third-order valence-electron chi connectivity index (χ3n) is 4.35. The lowest BCUT2D eigenvalue weighted by Crippen LogP contribution is -2.36. The Kier molecular flexibility index (Phi) is 10.6. The molecule has 34 heavy (non-hydrogen) atoms. The Labute approximate surface area is 204 Å². The molecule has 1 atom stereocenters. The normalized spacial score (nSPS) is 11.7. The van der Waals surface area contributed by atoms with Crippen LogP contribution >= 0.6 is 11.8 Å². The first-order chi connectivity index (χ1) is 16.4. The molecular weight excluding hydrogens is 462 g/mol. The number of amides is 1. The summed E-state index contributed by atoms with van der Waals surface area (Å²) in [7, 11) is 0. The van der Waals surface area contributed by atoms with Crippen LogP contribution in [0.4, 0.5) is 11.4 Å². The van der Waals surface area contributed by atoms with Crippen molar-refractivity contribution in [2.24, 2.45) is 10.2 Å². The number of rotatable bonds is 13. The van der Waals surface area contributed by atoms with Gasteiger partial charge in [0.1, 0.15) is 17.2 Å². The average molecular weight is 492 g/mol. The Morgan fingerprint density at radius 2 is 1.50 bits per heavy atom. The number of ketones is 1. The number of hydrogen-bond acceptors (Lipinski definition) is 8. The zero-order chi connectivity index (χ0) is 25.1. The average Bonchev–Trinajstić information content (AvgIpc) is 2.80. The fourth-order valence-electron chi connectivity index (χ4n) is 2.97. The van der Waals surface area contributed by atoms with E-state index >= 15 is 0 Å². The van der Waals surface area contributed by atoms with Gasteiger partial charge < -0.3 is 18.9 Å². The quantitative estimate of drug-likeness (QED) is 0.208. The highest BCUT2D eigenvalue weighted by Gasteiger charge is 2.29. The molecule has 0 fully saturated rings. The third kappa shape index (κ3) is 7.08. The van der Waals surface area contributed by atoms with Crippen LogP contribution in [0.3, 0.4) is 0 Å². The first-order valence-electron chi connectivity index (χ1n) is 11.1. The van der Waals surface area contributed by atoms with E-state index in [1.54, 1.807) is 36.4 Å². The zero-order valence-corrected chi connectivity index (χ0v) is 20.8. The summed E-state index contributed by atoms with van der Waals surface area (Å²) in [5.74, 6) is 0.506. The summed E-state index contributed by atoms with van der Waals surface area (Å²) in [5.41, 5.74) is 0.598. The van der Waals surface area contributed by atoms with Crippen LogP contribution in [0.15, 0.2) is 46.6 Å². The van der Waals surface area contributed by atoms with E-state index in [0.717, 1.165) is 4.42 Å². The van der Waals surface area contributed by atoms with Gasteiger partial charge >= 0.3 is 0 Å². The molecule has 184 valence electrons. The van der Waals surface area contributed by atoms with Crippen molar-refractivity contribution in [1.82, 2.24) is 0 Å². The fourth-order valence-corrected chi connectivity index (χ4v) is 3.16. The summed E-state index contributed by atoms with van der Waals surface area (Å²) >= 11 is 6.34. The highest BCUT2D eigenvalue weighted by Crippen LogP contribution is 2.38. The number of para-hydroxylation sites is 1. The van der Waals surface area contributed by atoms with Gasteiger partial charge in [0.25, 0.3) is 5.91 Å². The molecule has 0 aliphatic heterocycles. The van der Waals surface area contributed by atoms with Crippen LogP contribution in [0.25, 0.3) is 0 Å². The molecule has 0 spiro atoms. The molecule has 0 radical (unpaired) electrons. The van der Waals surface area contributed by atoms with E-state index in [1.807, 2.05) is 27.7 Å². The first-order valence-corrected chi connectivity index (χ1v) is 11.4. The largest absolute Gasteiger partial charge is 0.494 e. The van der Waals surface area contributed by atoms with Gasteiger partial charge in [-0.1, -0.05) is 6.07 Å². The maximum Gasteiger partial charge on any atom is 0.276 e. The van der Waals surface area contributed by atoms with Crippen molar-refractivity contribution in [1.29, 1.82) is 0 Å². The van der Waals surface area contributed by atoms with E-state index in [9.17, 15) is 9.59 Å². The van der Waals surface area contributed by atoms with Crippen LogP contribution in [-0.2, 0) is 9.59 Å². The predicted molar refractivity (Wildman–Crippen MR) is 130 cm³/mol. The van der Waals surface area contributed by atoms with Crippen molar-refractivity contribution in [2.75, 3.05) is 30.8 Å². The van der Waals surface area contributed by atoms with Gasteiger partial charge in [-0.2, -0.15) is 10.2 Å².